The second-order valence-corrected chi connectivity index (χ2v) is 5.40. The zero-order chi connectivity index (χ0) is 13.9. The normalized spacial score (nSPS) is 26.8. The van der Waals surface area contributed by atoms with Gasteiger partial charge in [0, 0.05) is 6.07 Å². The Balaban J connectivity index is 2.03. The molecule has 0 saturated heterocycles. The average molecular weight is 263 g/mol. The van der Waals surface area contributed by atoms with Crippen LogP contribution in [0.25, 0.3) is 0 Å². The van der Waals surface area contributed by atoms with Gasteiger partial charge >= 0.3 is 0 Å². The van der Waals surface area contributed by atoms with Crippen LogP contribution in [0, 0.1) is 5.92 Å². The van der Waals surface area contributed by atoms with E-state index in [2.05, 4.69) is 17.2 Å². The molecule has 1 heterocycles. The summed E-state index contributed by atoms with van der Waals surface area (Å²) in [6.07, 6.45) is 5.21. The van der Waals surface area contributed by atoms with E-state index in [-0.39, 0.29) is 5.91 Å². The second-order valence-electron chi connectivity index (χ2n) is 5.40. The van der Waals surface area contributed by atoms with E-state index >= 15 is 0 Å². The monoisotopic (exact) mass is 263 g/mol. The topological polar surface area (TPSA) is 77.2 Å². The molecule has 0 spiro atoms. The molecule has 1 aliphatic carbocycles. The fourth-order valence-electron chi connectivity index (χ4n) is 2.63. The Hall–Kier alpha value is -1.62. The number of ether oxygens (including phenoxy) is 1. The van der Waals surface area contributed by atoms with Crippen LogP contribution in [-0.2, 0) is 4.79 Å². The summed E-state index contributed by atoms with van der Waals surface area (Å²) < 4.78 is 4.98. The maximum Gasteiger partial charge on any atom is 0.244 e. The number of methoxy groups -OCH3 is 1. The number of amides is 1. The molecule has 1 aliphatic rings. The zero-order valence-electron chi connectivity index (χ0n) is 11.5. The Bertz CT molecular complexity index is 447. The lowest BCUT2D eigenvalue weighted by atomic mass is 9.76. The van der Waals surface area contributed by atoms with Gasteiger partial charge in [-0.05, 0) is 24.8 Å². The summed E-state index contributed by atoms with van der Waals surface area (Å²) in [6.45, 7) is 2.14. The fraction of sp³-hybridized carbons (Fsp3) is 0.571. The van der Waals surface area contributed by atoms with Crippen molar-refractivity contribution >= 4 is 11.6 Å². The molecule has 0 bridgehead atoms. The maximum atomic E-state index is 12.3. The Labute approximate surface area is 113 Å². The van der Waals surface area contributed by atoms with Crippen molar-refractivity contribution in [1.82, 2.24) is 4.98 Å². The minimum Gasteiger partial charge on any atom is -0.481 e. The Morgan fingerprint density at radius 1 is 1.58 bits per heavy atom. The molecule has 2 atom stereocenters. The predicted octanol–water partition coefficient (Wildman–Crippen LogP) is 1.94. The lowest BCUT2D eigenvalue weighted by Crippen LogP contribution is -2.53. The molecule has 2 unspecified atom stereocenters. The van der Waals surface area contributed by atoms with Crippen LogP contribution in [0.4, 0.5) is 5.69 Å². The Morgan fingerprint density at radius 3 is 2.95 bits per heavy atom. The van der Waals surface area contributed by atoms with Gasteiger partial charge in [-0.2, -0.15) is 0 Å². The van der Waals surface area contributed by atoms with Crippen molar-refractivity contribution in [3.8, 4) is 5.88 Å². The molecular formula is C14H21N3O2. The summed E-state index contributed by atoms with van der Waals surface area (Å²) in [5.74, 6) is 0.899. The number of aromatic nitrogens is 1. The van der Waals surface area contributed by atoms with Crippen LogP contribution in [0.1, 0.15) is 32.6 Å². The highest BCUT2D eigenvalue weighted by molar-refractivity contribution is 5.97. The largest absolute Gasteiger partial charge is 0.481 e. The van der Waals surface area contributed by atoms with E-state index in [1.54, 1.807) is 25.4 Å². The third kappa shape index (κ3) is 3.23. The van der Waals surface area contributed by atoms with Gasteiger partial charge in [-0.15, -0.1) is 0 Å². The molecule has 104 valence electrons. The number of nitrogens with one attached hydrogen (secondary N) is 1. The van der Waals surface area contributed by atoms with Crippen molar-refractivity contribution in [1.29, 1.82) is 0 Å². The van der Waals surface area contributed by atoms with Crippen LogP contribution in [0.15, 0.2) is 18.3 Å². The van der Waals surface area contributed by atoms with E-state index in [1.807, 2.05) is 0 Å². The molecule has 1 fully saturated rings. The third-order valence-corrected chi connectivity index (χ3v) is 3.69. The lowest BCUT2D eigenvalue weighted by Gasteiger charge is -2.35. The third-order valence-electron chi connectivity index (χ3n) is 3.69. The standard InChI is InChI=1S/C14H21N3O2/c1-10-4-3-7-14(15,8-10)13(18)17-11-5-6-12(19-2)16-9-11/h5-6,9-10H,3-4,7-8,15H2,1-2H3,(H,17,18). The van der Waals surface area contributed by atoms with Gasteiger partial charge < -0.3 is 15.8 Å². The highest BCUT2D eigenvalue weighted by Gasteiger charge is 2.37. The number of pyridine rings is 1. The molecule has 0 aliphatic heterocycles. The minimum absolute atomic E-state index is 0.119. The first-order chi connectivity index (χ1) is 9.03. The second kappa shape index (κ2) is 5.57. The first-order valence-electron chi connectivity index (χ1n) is 6.64. The molecule has 0 radical (unpaired) electrons. The van der Waals surface area contributed by atoms with Gasteiger partial charge in [0.05, 0.1) is 24.5 Å². The Morgan fingerprint density at radius 2 is 2.37 bits per heavy atom. The van der Waals surface area contributed by atoms with Crippen molar-refractivity contribution in [3.63, 3.8) is 0 Å². The summed E-state index contributed by atoms with van der Waals surface area (Å²) in [5, 5.41) is 2.84. The molecule has 2 rings (SSSR count). The first-order valence-corrected chi connectivity index (χ1v) is 6.64. The van der Waals surface area contributed by atoms with Crippen LogP contribution in [0.3, 0.4) is 0 Å². The number of carbonyl (C=O) groups is 1. The number of nitrogens with two attached hydrogens (primary N) is 1. The number of rotatable bonds is 3. The van der Waals surface area contributed by atoms with Crippen molar-refractivity contribution in [3.05, 3.63) is 18.3 Å². The van der Waals surface area contributed by atoms with Gasteiger partial charge in [-0.3, -0.25) is 4.79 Å². The van der Waals surface area contributed by atoms with E-state index in [4.69, 9.17) is 10.5 Å². The predicted molar refractivity (Wildman–Crippen MR) is 74.0 cm³/mol. The fourth-order valence-corrected chi connectivity index (χ4v) is 2.63. The molecule has 1 saturated carbocycles. The number of nitrogens with zero attached hydrogens (tertiary/aromatic N) is 1. The molecule has 0 aromatic carbocycles. The highest BCUT2D eigenvalue weighted by Crippen LogP contribution is 2.31. The van der Waals surface area contributed by atoms with Gasteiger partial charge in [-0.25, -0.2) is 4.98 Å². The van der Waals surface area contributed by atoms with Crippen LogP contribution < -0.4 is 15.8 Å². The zero-order valence-corrected chi connectivity index (χ0v) is 11.5. The Kier molecular flexibility index (Phi) is 4.04. The van der Waals surface area contributed by atoms with Crippen molar-refractivity contribution < 1.29 is 9.53 Å². The SMILES string of the molecule is COc1ccc(NC(=O)C2(N)CCCC(C)C2)cn1. The highest BCUT2D eigenvalue weighted by atomic mass is 16.5. The van der Waals surface area contributed by atoms with E-state index in [0.717, 1.165) is 25.7 Å². The van der Waals surface area contributed by atoms with Crippen molar-refractivity contribution in [2.75, 3.05) is 12.4 Å². The molecule has 3 N–H and O–H groups in total. The van der Waals surface area contributed by atoms with E-state index in [1.165, 1.54) is 0 Å². The summed E-state index contributed by atoms with van der Waals surface area (Å²) in [6, 6.07) is 3.47. The lowest BCUT2D eigenvalue weighted by molar-refractivity contribution is -0.122. The summed E-state index contributed by atoms with van der Waals surface area (Å²) in [4.78, 5) is 16.3. The molecule has 5 nitrogen and oxygen atoms in total. The van der Waals surface area contributed by atoms with Crippen LogP contribution in [0.5, 0.6) is 5.88 Å². The van der Waals surface area contributed by atoms with Crippen LogP contribution in [-0.4, -0.2) is 23.5 Å². The summed E-state index contributed by atoms with van der Waals surface area (Å²) in [5.41, 5.74) is 6.13. The number of hydrogen-bond donors (Lipinski definition) is 2. The van der Waals surface area contributed by atoms with Gasteiger partial charge in [0.2, 0.25) is 11.8 Å². The molecule has 19 heavy (non-hydrogen) atoms. The van der Waals surface area contributed by atoms with E-state index < -0.39 is 5.54 Å². The van der Waals surface area contributed by atoms with Gasteiger partial charge in [-0.1, -0.05) is 19.8 Å². The number of anilines is 1. The van der Waals surface area contributed by atoms with Gasteiger partial charge in [0.25, 0.3) is 0 Å². The van der Waals surface area contributed by atoms with Gasteiger partial charge in [0.15, 0.2) is 0 Å². The number of hydrogen-bond acceptors (Lipinski definition) is 4. The molecule has 1 aromatic heterocycles. The first kappa shape index (κ1) is 13.8. The summed E-state index contributed by atoms with van der Waals surface area (Å²) >= 11 is 0. The molecule has 1 aromatic rings. The van der Waals surface area contributed by atoms with Gasteiger partial charge in [0.1, 0.15) is 0 Å². The van der Waals surface area contributed by atoms with Crippen molar-refractivity contribution in [2.45, 2.75) is 38.1 Å². The quantitative estimate of drug-likeness (QED) is 0.873. The minimum atomic E-state index is -0.752. The van der Waals surface area contributed by atoms with Crippen LogP contribution >= 0.6 is 0 Å². The van der Waals surface area contributed by atoms with E-state index in [0.29, 0.717) is 17.5 Å². The summed E-state index contributed by atoms with van der Waals surface area (Å²) in [7, 11) is 1.55. The number of carbonyl (C=O) groups excluding carboxylic acids is 1. The van der Waals surface area contributed by atoms with Crippen molar-refractivity contribution in [2.24, 2.45) is 11.7 Å². The molecule has 1 amide bonds. The average Bonchev–Trinajstić information content (AvgIpc) is 2.39. The molecule has 5 heteroatoms. The molecular weight excluding hydrogens is 242 g/mol. The maximum absolute atomic E-state index is 12.3. The smallest absolute Gasteiger partial charge is 0.244 e. The van der Waals surface area contributed by atoms with E-state index in [9.17, 15) is 4.79 Å². The van der Waals surface area contributed by atoms with Crippen LogP contribution in [0.2, 0.25) is 0 Å².